The lowest BCUT2D eigenvalue weighted by atomic mass is 9.98. The van der Waals surface area contributed by atoms with Gasteiger partial charge in [0.05, 0.1) is 9.16 Å². The summed E-state index contributed by atoms with van der Waals surface area (Å²) in [4.78, 5) is 1.36. The van der Waals surface area contributed by atoms with Gasteiger partial charge in [-0.25, -0.2) is 0 Å². The maximum atomic E-state index is 6.49. The highest BCUT2D eigenvalue weighted by Crippen LogP contribution is 2.40. The number of thiophene rings is 1. The molecular formula is C12H16BrClS. The van der Waals surface area contributed by atoms with Crippen LogP contribution in [0.3, 0.4) is 0 Å². The van der Waals surface area contributed by atoms with Crippen LogP contribution in [0, 0.1) is 12.8 Å². The van der Waals surface area contributed by atoms with Crippen LogP contribution < -0.4 is 0 Å². The van der Waals surface area contributed by atoms with E-state index >= 15 is 0 Å². The highest BCUT2D eigenvalue weighted by Gasteiger charge is 2.21. The number of alkyl halides is 1. The maximum absolute atomic E-state index is 6.49. The van der Waals surface area contributed by atoms with E-state index in [1.165, 1.54) is 39.9 Å². The van der Waals surface area contributed by atoms with Gasteiger partial charge in [0.25, 0.3) is 0 Å². The fourth-order valence-corrected chi connectivity index (χ4v) is 4.75. The topological polar surface area (TPSA) is 0 Å². The molecule has 0 aromatic carbocycles. The van der Waals surface area contributed by atoms with Crippen LogP contribution in [-0.2, 0) is 0 Å². The van der Waals surface area contributed by atoms with Crippen molar-refractivity contribution in [1.82, 2.24) is 0 Å². The van der Waals surface area contributed by atoms with Crippen molar-refractivity contribution >= 4 is 38.9 Å². The number of halogens is 2. The van der Waals surface area contributed by atoms with Gasteiger partial charge in [-0.1, -0.05) is 25.7 Å². The third-order valence-electron chi connectivity index (χ3n) is 3.28. The molecule has 0 saturated heterocycles. The lowest BCUT2D eigenvalue weighted by Crippen LogP contribution is -1.99. The Kier molecular flexibility index (Phi) is 4.14. The summed E-state index contributed by atoms with van der Waals surface area (Å²) in [5.74, 6) is 0.866. The molecule has 1 fully saturated rings. The van der Waals surface area contributed by atoms with Gasteiger partial charge in [-0.2, -0.15) is 0 Å². The Morgan fingerprint density at radius 2 is 2.20 bits per heavy atom. The molecule has 0 bridgehead atoms. The molecule has 0 N–H and O–H groups in total. The molecular weight excluding hydrogens is 292 g/mol. The number of hydrogen-bond donors (Lipinski definition) is 0. The minimum Gasteiger partial charge on any atom is -0.133 e. The van der Waals surface area contributed by atoms with Crippen molar-refractivity contribution in [3.05, 3.63) is 20.3 Å². The van der Waals surface area contributed by atoms with Gasteiger partial charge in [0.2, 0.25) is 0 Å². The lowest BCUT2D eigenvalue weighted by Gasteiger charge is -2.14. The smallest absolute Gasteiger partial charge is 0.0704 e. The quantitative estimate of drug-likeness (QED) is 0.630. The van der Waals surface area contributed by atoms with Gasteiger partial charge in [0.15, 0.2) is 0 Å². The van der Waals surface area contributed by atoms with E-state index in [0.717, 1.165) is 12.3 Å². The van der Waals surface area contributed by atoms with E-state index in [1.54, 1.807) is 11.3 Å². The average Bonchev–Trinajstić information content (AvgIpc) is 2.75. The van der Waals surface area contributed by atoms with Crippen molar-refractivity contribution in [3.8, 4) is 0 Å². The van der Waals surface area contributed by atoms with Gasteiger partial charge in [-0.05, 0) is 46.8 Å². The van der Waals surface area contributed by atoms with Gasteiger partial charge in [-0.15, -0.1) is 22.9 Å². The van der Waals surface area contributed by atoms with Crippen molar-refractivity contribution < 1.29 is 0 Å². The second-order valence-corrected chi connectivity index (χ2v) is 7.58. The Bertz CT molecular complexity index is 328. The van der Waals surface area contributed by atoms with Crippen LogP contribution in [0.25, 0.3) is 0 Å². The van der Waals surface area contributed by atoms with Crippen molar-refractivity contribution in [2.24, 2.45) is 5.92 Å². The fourth-order valence-electron chi connectivity index (χ4n) is 2.44. The van der Waals surface area contributed by atoms with Crippen LogP contribution in [0.1, 0.15) is 47.9 Å². The van der Waals surface area contributed by atoms with Crippen LogP contribution in [-0.4, -0.2) is 0 Å². The van der Waals surface area contributed by atoms with Crippen molar-refractivity contribution in [2.45, 2.75) is 44.4 Å². The summed E-state index contributed by atoms with van der Waals surface area (Å²) >= 11 is 11.8. The first-order valence-corrected chi connectivity index (χ1v) is 7.61. The van der Waals surface area contributed by atoms with Crippen LogP contribution >= 0.6 is 38.9 Å². The highest BCUT2D eigenvalue weighted by atomic mass is 79.9. The van der Waals surface area contributed by atoms with E-state index in [2.05, 4.69) is 28.9 Å². The van der Waals surface area contributed by atoms with Crippen LogP contribution in [0.5, 0.6) is 0 Å². The standard InChI is InChI=1S/C12H16BrClS/c1-8-10(7-12(13)15-8)11(14)6-9-4-2-3-5-9/h7,9,11H,2-6H2,1H3. The molecule has 1 aliphatic rings. The third kappa shape index (κ3) is 2.98. The highest BCUT2D eigenvalue weighted by molar-refractivity contribution is 9.11. The zero-order valence-electron chi connectivity index (χ0n) is 8.93. The molecule has 1 aromatic rings. The number of rotatable bonds is 3. The SMILES string of the molecule is Cc1sc(Br)cc1C(Cl)CC1CCCC1. The molecule has 0 nitrogen and oxygen atoms in total. The van der Waals surface area contributed by atoms with Crippen molar-refractivity contribution in [2.75, 3.05) is 0 Å². The van der Waals surface area contributed by atoms with Gasteiger partial charge in [0, 0.05) is 4.88 Å². The molecule has 0 spiro atoms. The van der Waals surface area contributed by atoms with E-state index in [4.69, 9.17) is 11.6 Å². The van der Waals surface area contributed by atoms with E-state index in [0.29, 0.717) is 0 Å². The fraction of sp³-hybridized carbons (Fsp3) is 0.667. The first-order chi connectivity index (χ1) is 7.16. The molecule has 1 saturated carbocycles. The van der Waals surface area contributed by atoms with E-state index in [-0.39, 0.29) is 5.38 Å². The van der Waals surface area contributed by atoms with Gasteiger partial charge >= 0.3 is 0 Å². The number of hydrogen-bond acceptors (Lipinski definition) is 1. The normalized spacial score (nSPS) is 19.7. The second kappa shape index (κ2) is 5.20. The van der Waals surface area contributed by atoms with E-state index in [1.807, 2.05) is 0 Å². The van der Waals surface area contributed by atoms with Gasteiger partial charge in [0.1, 0.15) is 0 Å². The second-order valence-electron chi connectivity index (χ2n) is 4.42. The monoisotopic (exact) mass is 306 g/mol. The molecule has 84 valence electrons. The predicted molar refractivity (Wildman–Crippen MR) is 71.9 cm³/mol. The molecule has 1 unspecified atom stereocenters. The summed E-state index contributed by atoms with van der Waals surface area (Å²) in [7, 11) is 0. The Labute approximate surface area is 109 Å². The van der Waals surface area contributed by atoms with E-state index < -0.39 is 0 Å². The summed E-state index contributed by atoms with van der Waals surface area (Å²) in [6, 6.07) is 2.19. The molecule has 0 amide bonds. The maximum Gasteiger partial charge on any atom is 0.0704 e. The molecule has 1 atom stereocenters. The first kappa shape index (κ1) is 11.9. The van der Waals surface area contributed by atoms with Crippen LogP contribution in [0.4, 0.5) is 0 Å². The zero-order valence-corrected chi connectivity index (χ0v) is 12.1. The third-order valence-corrected chi connectivity index (χ3v) is 5.26. The summed E-state index contributed by atoms with van der Waals surface area (Å²) in [5, 5.41) is 0.218. The summed E-state index contributed by atoms with van der Waals surface area (Å²) < 4.78 is 1.20. The van der Waals surface area contributed by atoms with Gasteiger partial charge in [-0.3, -0.25) is 0 Å². The van der Waals surface area contributed by atoms with Crippen LogP contribution in [0.15, 0.2) is 9.85 Å². The molecule has 1 aromatic heterocycles. The minimum atomic E-state index is 0.218. The lowest BCUT2D eigenvalue weighted by molar-refractivity contribution is 0.495. The Hall–Kier alpha value is 0.470. The van der Waals surface area contributed by atoms with Gasteiger partial charge < -0.3 is 0 Å². The molecule has 0 aliphatic heterocycles. The molecule has 15 heavy (non-hydrogen) atoms. The molecule has 1 aliphatic carbocycles. The average molecular weight is 308 g/mol. The summed E-state index contributed by atoms with van der Waals surface area (Å²) in [6.45, 7) is 2.16. The number of aryl methyl sites for hydroxylation is 1. The largest absolute Gasteiger partial charge is 0.133 e. The van der Waals surface area contributed by atoms with Crippen molar-refractivity contribution in [3.63, 3.8) is 0 Å². The first-order valence-electron chi connectivity index (χ1n) is 5.56. The Morgan fingerprint density at radius 1 is 1.53 bits per heavy atom. The summed E-state index contributed by atoms with van der Waals surface area (Å²) in [6.07, 6.45) is 6.73. The summed E-state index contributed by atoms with van der Waals surface area (Å²) in [5.41, 5.74) is 1.33. The predicted octanol–water partition coefficient (Wildman–Crippen LogP) is 5.68. The molecule has 1 heterocycles. The molecule has 3 heteroatoms. The van der Waals surface area contributed by atoms with E-state index in [9.17, 15) is 0 Å². The Morgan fingerprint density at radius 3 is 2.73 bits per heavy atom. The minimum absolute atomic E-state index is 0.218. The molecule has 2 rings (SSSR count). The Balaban J connectivity index is 2.00. The zero-order chi connectivity index (χ0) is 10.8. The molecule has 0 radical (unpaired) electrons. The van der Waals surface area contributed by atoms with Crippen LogP contribution in [0.2, 0.25) is 0 Å². The van der Waals surface area contributed by atoms with Crippen molar-refractivity contribution in [1.29, 1.82) is 0 Å².